The van der Waals surface area contributed by atoms with E-state index in [1.54, 1.807) is 0 Å². The summed E-state index contributed by atoms with van der Waals surface area (Å²) in [5.74, 6) is 0.390. The molecule has 150 valence electrons. The molecule has 0 aliphatic rings. The molecule has 0 saturated carbocycles. The van der Waals surface area contributed by atoms with Crippen molar-refractivity contribution in [3.8, 4) is 5.75 Å². The number of carbonyl (C=O) groups excluding carboxylic acids is 1. The predicted molar refractivity (Wildman–Crippen MR) is 116 cm³/mol. The number of ether oxygens (including phenoxy) is 1. The first-order valence-electron chi connectivity index (χ1n) is 9.69. The Morgan fingerprint density at radius 2 is 1.57 bits per heavy atom. The van der Waals surface area contributed by atoms with Crippen LogP contribution in [-0.2, 0) is 10.2 Å². The summed E-state index contributed by atoms with van der Waals surface area (Å²) in [4.78, 5) is 12.0. The van der Waals surface area contributed by atoms with Crippen molar-refractivity contribution in [3.05, 3.63) is 65.7 Å². The molecule has 4 heteroatoms. The number of hydrogen-bond acceptors (Lipinski definition) is 3. The van der Waals surface area contributed by atoms with Gasteiger partial charge in [-0.15, -0.1) is 0 Å². The largest absolute Gasteiger partial charge is 0.484 e. The maximum absolute atomic E-state index is 12.0. The van der Waals surface area contributed by atoms with Crippen molar-refractivity contribution in [1.29, 1.82) is 0 Å². The van der Waals surface area contributed by atoms with E-state index in [9.17, 15) is 4.79 Å². The molecule has 1 amide bonds. The van der Waals surface area contributed by atoms with E-state index in [0.29, 0.717) is 5.75 Å². The van der Waals surface area contributed by atoms with Crippen LogP contribution >= 0.6 is 0 Å². The number of nitrogens with zero attached hydrogens (tertiary/aromatic N) is 1. The number of rotatable bonds is 7. The zero-order valence-corrected chi connectivity index (χ0v) is 17.9. The van der Waals surface area contributed by atoms with E-state index in [2.05, 4.69) is 57.3 Å². The topological polar surface area (TPSA) is 50.7 Å². The number of hydrogen-bond donors (Lipinski definition) is 1. The van der Waals surface area contributed by atoms with Crippen molar-refractivity contribution in [2.45, 2.75) is 53.4 Å². The number of amides is 1. The van der Waals surface area contributed by atoms with Crippen LogP contribution in [0, 0.1) is 5.41 Å². The van der Waals surface area contributed by atoms with Crippen molar-refractivity contribution in [3.63, 3.8) is 0 Å². The quantitative estimate of drug-likeness (QED) is 0.522. The monoisotopic (exact) mass is 380 g/mol. The molecule has 2 aromatic rings. The summed E-state index contributed by atoms with van der Waals surface area (Å²) < 4.78 is 5.59. The third kappa shape index (κ3) is 6.84. The maximum atomic E-state index is 12.0. The second kappa shape index (κ2) is 9.05. The van der Waals surface area contributed by atoms with Crippen LogP contribution in [0.4, 0.5) is 0 Å². The Kier molecular flexibility index (Phi) is 7.00. The van der Waals surface area contributed by atoms with Gasteiger partial charge in [0.05, 0.1) is 5.71 Å². The average Bonchev–Trinajstić information content (AvgIpc) is 2.63. The van der Waals surface area contributed by atoms with Crippen LogP contribution in [0.2, 0.25) is 0 Å². The summed E-state index contributed by atoms with van der Waals surface area (Å²) in [6.07, 6.45) is 1.08. The first-order chi connectivity index (χ1) is 13.1. The second-order valence-electron chi connectivity index (χ2n) is 9.03. The molecule has 2 rings (SSSR count). The number of hydrazone groups is 1. The van der Waals surface area contributed by atoms with E-state index in [1.807, 2.05) is 49.4 Å². The Hall–Kier alpha value is -2.62. The lowest BCUT2D eigenvalue weighted by molar-refractivity contribution is -0.123. The molecule has 4 nitrogen and oxygen atoms in total. The van der Waals surface area contributed by atoms with Gasteiger partial charge in [-0.05, 0) is 47.4 Å². The van der Waals surface area contributed by atoms with Crippen LogP contribution in [-0.4, -0.2) is 18.2 Å². The van der Waals surface area contributed by atoms with Crippen LogP contribution in [0.5, 0.6) is 5.75 Å². The minimum absolute atomic E-state index is 0.0731. The van der Waals surface area contributed by atoms with E-state index < -0.39 is 0 Å². The summed E-state index contributed by atoms with van der Waals surface area (Å²) in [5, 5.41) is 4.12. The third-order valence-corrected chi connectivity index (χ3v) is 4.52. The summed E-state index contributed by atoms with van der Waals surface area (Å²) in [6, 6.07) is 17.7. The van der Waals surface area contributed by atoms with Crippen molar-refractivity contribution in [2.75, 3.05) is 6.61 Å². The molecular weight excluding hydrogens is 348 g/mol. The molecule has 0 unspecified atom stereocenters. The smallest absolute Gasteiger partial charge is 0.277 e. The van der Waals surface area contributed by atoms with Crippen LogP contribution in [0.25, 0.3) is 0 Å². The zero-order valence-electron chi connectivity index (χ0n) is 17.9. The first kappa shape index (κ1) is 21.7. The van der Waals surface area contributed by atoms with Crippen LogP contribution in [0.3, 0.4) is 0 Å². The van der Waals surface area contributed by atoms with E-state index >= 15 is 0 Å². The summed E-state index contributed by atoms with van der Waals surface area (Å²) in [7, 11) is 0. The molecule has 1 N–H and O–H groups in total. The van der Waals surface area contributed by atoms with E-state index in [-0.39, 0.29) is 23.3 Å². The van der Waals surface area contributed by atoms with E-state index in [0.717, 1.165) is 17.7 Å². The lowest BCUT2D eigenvalue weighted by Crippen LogP contribution is -2.26. The highest BCUT2D eigenvalue weighted by molar-refractivity contribution is 5.99. The van der Waals surface area contributed by atoms with Crippen molar-refractivity contribution >= 4 is 11.6 Å². The molecule has 0 radical (unpaired) electrons. The van der Waals surface area contributed by atoms with Gasteiger partial charge in [0.2, 0.25) is 0 Å². The minimum atomic E-state index is -0.285. The highest BCUT2D eigenvalue weighted by Gasteiger charge is 2.27. The molecule has 0 saturated heterocycles. The molecule has 0 bridgehead atoms. The summed E-state index contributed by atoms with van der Waals surface area (Å²) in [6.45, 7) is 13.1. The van der Waals surface area contributed by atoms with Gasteiger partial charge in [-0.25, -0.2) is 5.43 Å². The molecule has 0 spiro atoms. The normalized spacial score (nSPS) is 12.6. The van der Waals surface area contributed by atoms with Gasteiger partial charge in [0.1, 0.15) is 5.75 Å². The summed E-state index contributed by atoms with van der Waals surface area (Å²) in [5.41, 5.74) is 5.86. The van der Waals surface area contributed by atoms with Crippen LogP contribution < -0.4 is 10.2 Å². The SMILES string of the molecule is C/C(=N/NC(=O)COc1ccc(C(C)(C)CC(C)(C)C)cc1)c1ccccc1. The maximum Gasteiger partial charge on any atom is 0.277 e. The molecular formula is C24H32N2O2. The molecule has 0 heterocycles. The molecule has 0 aromatic heterocycles. The number of carbonyl (C=O) groups is 1. The zero-order chi connectivity index (χ0) is 20.8. The second-order valence-corrected chi connectivity index (χ2v) is 9.03. The van der Waals surface area contributed by atoms with Crippen molar-refractivity contribution in [2.24, 2.45) is 10.5 Å². The molecule has 2 aromatic carbocycles. The molecule has 0 aliphatic heterocycles. The molecule has 0 atom stereocenters. The Morgan fingerprint density at radius 1 is 0.964 bits per heavy atom. The molecule has 0 fully saturated rings. The Bertz CT molecular complexity index is 801. The lowest BCUT2D eigenvalue weighted by Gasteiger charge is -2.33. The predicted octanol–water partition coefficient (Wildman–Crippen LogP) is 5.32. The Morgan fingerprint density at radius 3 is 2.14 bits per heavy atom. The van der Waals surface area contributed by atoms with Crippen LogP contribution in [0.15, 0.2) is 59.7 Å². The highest BCUT2D eigenvalue weighted by Crippen LogP contribution is 2.36. The van der Waals surface area contributed by atoms with E-state index in [1.165, 1.54) is 5.56 Å². The van der Waals surface area contributed by atoms with E-state index in [4.69, 9.17) is 4.74 Å². The van der Waals surface area contributed by atoms with Gasteiger partial charge in [0.25, 0.3) is 5.91 Å². The number of nitrogens with one attached hydrogen (secondary N) is 1. The van der Waals surface area contributed by atoms with Gasteiger partial charge in [-0.3, -0.25) is 4.79 Å². The van der Waals surface area contributed by atoms with Gasteiger partial charge >= 0.3 is 0 Å². The van der Waals surface area contributed by atoms with Gasteiger partial charge in [0, 0.05) is 0 Å². The average molecular weight is 381 g/mol. The Balaban J connectivity index is 1.88. The third-order valence-electron chi connectivity index (χ3n) is 4.52. The first-order valence-corrected chi connectivity index (χ1v) is 9.69. The fraction of sp³-hybridized carbons (Fsp3) is 0.417. The van der Waals surface area contributed by atoms with Gasteiger partial charge in [-0.1, -0.05) is 77.1 Å². The molecule has 28 heavy (non-hydrogen) atoms. The van der Waals surface area contributed by atoms with Crippen molar-refractivity contribution < 1.29 is 9.53 Å². The fourth-order valence-corrected chi connectivity index (χ4v) is 3.50. The Labute approximate surface area is 169 Å². The van der Waals surface area contributed by atoms with Gasteiger partial charge in [0.15, 0.2) is 6.61 Å². The fourth-order valence-electron chi connectivity index (χ4n) is 3.50. The van der Waals surface area contributed by atoms with Crippen LogP contribution in [0.1, 0.15) is 59.1 Å². The lowest BCUT2D eigenvalue weighted by atomic mass is 9.72. The minimum Gasteiger partial charge on any atom is -0.484 e. The standard InChI is InChI=1S/C24H32N2O2/c1-18(19-10-8-7-9-11-19)25-26-22(27)16-28-21-14-12-20(13-15-21)24(5,6)17-23(2,3)4/h7-15H,16-17H2,1-6H3,(H,26,27)/b25-18-. The number of benzene rings is 2. The van der Waals surface area contributed by atoms with Crippen molar-refractivity contribution in [1.82, 2.24) is 5.43 Å². The van der Waals surface area contributed by atoms with Gasteiger partial charge < -0.3 is 4.74 Å². The summed E-state index contributed by atoms with van der Waals surface area (Å²) >= 11 is 0. The van der Waals surface area contributed by atoms with Gasteiger partial charge in [-0.2, -0.15) is 5.10 Å². The molecule has 0 aliphatic carbocycles. The highest BCUT2D eigenvalue weighted by atomic mass is 16.5.